The van der Waals surface area contributed by atoms with Crippen molar-refractivity contribution in [3.8, 4) is 0 Å². The van der Waals surface area contributed by atoms with Crippen LogP contribution in [-0.2, 0) is 0 Å². The van der Waals surface area contributed by atoms with Crippen molar-refractivity contribution >= 4 is 6.03 Å². The molecule has 0 bridgehead atoms. The fourth-order valence-corrected chi connectivity index (χ4v) is 2.44. The molecule has 0 aromatic heterocycles. The summed E-state index contributed by atoms with van der Waals surface area (Å²) in [5, 5.41) is 13.5. The third-order valence-corrected chi connectivity index (χ3v) is 3.43. The Morgan fingerprint density at radius 1 is 1.65 bits per heavy atom. The SMILES string of the molecule is CCN1C(=O)NCCC1C(CC)(N=NN)NC. The van der Waals surface area contributed by atoms with E-state index in [2.05, 4.69) is 21.0 Å². The summed E-state index contributed by atoms with van der Waals surface area (Å²) in [4.78, 5) is 13.6. The van der Waals surface area contributed by atoms with Crippen molar-refractivity contribution in [1.82, 2.24) is 15.5 Å². The Labute approximate surface area is 102 Å². The molecular weight excluding hydrogens is 220 g/mol. The van der Waals surface area contributed by atoms with Crippen molar-refractivity contribution in [2.24, 2.45) is 16.2 Å². The second-order valence-corrected chi connectivity index (χ2v) is 4.07. The molecule has 1 fully saturated rings. The van der Waals surface area contributed by atoms with Crippen molar-refractivity contribution in [3.63, 3.8) is 0 Å². The lowest BCUT2D eigenvalue weighted by Gasteiger charge is -2.44. The Kier molecular flexibility index (Phi) is 4.68. The number of nitrogens with one attached hydrogen (secondary N) is 2. The van der Waals surface area contributed by atoms with E-state index >= 15 is 0 Å². The molecule has 2 unspecified atom stereocenters. The van der Waals surface area contributed by atoms with Crippen LogP contribution in [0, 0.1) is 0 Å². The zero-order chi connectivity index (χ0) is 12.9. The molecule has 1 aliphatic heterocycles. The lowest BCUT2D eigenvalue weighted by Crippen LogP contribution is -2.64. The second kappa shape index (κ2) is 5.81. The molecule has 0 saturated carbocycles. The van der Waals surface area contributed by atoms with E-state index in [1.165, 1.54) is 0 Å². The molecule has 1 saturated heterocycles. The Bertz CT molecular complexity index is 289. The number of carbonyl (C=O) groups excluding carboxylic acids is 1. The van der Waals surface area contributed by atoms with Crippen molar-refractivity contribution in [2.75, 3.05) is 20.1 Å². The van der Waals surface area contributed by atoms with Crippen LogP contribution < -0.4 is 16.5 Å². The molecule has 2 atom stereocenters. The molecule has 0 radical (unpaired) electrons. The van der Waals surface area contributed by atoms with Crippen LogP contribution in [0.25, 0.3) is 0 Å². The number of amides is 2. The van der Waals surface area contributed by atoms with E-state index in [1.54, 1.807) is 4.90 Å². The first kappa shape index (κ1) is 13.7. The average Bonchev–Trinajstić information content (AvgIpc) is 2.36. The van der Waals surface area contributed by atoms with Crippen molar-refractivity contribution in [2.45, 2.75) is 38.4 Å². The van der Waals surface area contributed by atoms with Gasteiger partial charge in [0, 0.05) is 13.1 Å². The molecule has 1 aliphatic rings. The molecule has 2 amide bonds. The predicted molar refractivity (Wildman–Crippen MR) is 65.3 cm³/mol. The molecular formula is C10H22N6O. The molecule has 0 aromatic carbocycles. The zero-order valence-electron chi connectivity index (χ0n) is 10.7. The summed E-state index contributed by atoms with van der Waals surface area (Å²) in [5.74, 6) is 5.19. The van der Waals surface area contributed by atoms with Crippen molar-refractivity contribution in [3.05, 3.63) is 0 Å². The van der Waals surface area contributed by atoms with E-state index in [9.17, 15) is 4.79 Å². The maximum Gasteiger partial charge on any atom is 0.317 e. The molecule has 0 aromatic rings. The highest BCUT2D eigenvalue weighted by atomic mass is 16.2. The lowest BCUT2D eigenvalue weighted by atomic mass is 9.92. The van der Waals surface area contributed by atoms with E-state index in [-0.39, 0.29) is 12.1 Å². The van der Waals surface area contributed by atoms with Gasteiger partial charge in [0.1, 0.15) is 0 Å². The smallest absolute Gasteiger partial charge is 0.317 e. The van der Waals surface area contributed by atoms with E-state index < -0.39 is 5.66 Å². The first-order valence-corrected chi connectivity index (χ1v) is 6.00. The van der Waals surface area contributed by atoms with Crippen LogP contribution >= 0.6 is 0 Å². The first-order valence-electron chi connectivity index (χ1n) is 6.00. The Hall–Kier alpha value is -1.37. The van der Waals surface area contributed by atoms with Crippen LogP contribution in [0.4, 0.5) is 4.79 Å². The molecule has 1 rings (SSSR count). The van der Waals surface area contributed by atoms with Crippen LogP contribution in [0.1, 0.15) is 26.7 Å². The molecule has 7 heteroatoms. The number of carbonyl (C=O) groups is 1. The summed E-state index contributed by atoms with van der Waals surface area (Å²) in [6, 6.07) is -0.0763. The fourth-order valence-electron chi connectivity index (χ4n) is 2.44. The van der Waals surface area contributed by atoms with E-state index in [0.717, 1.165) is 12.8 Å². The van der Waals surface area contributed by atoms with E-state index in [1.807, 2.05) is 20.9 Å². The van der Waals surface area contributed by atoms with Gasteiger partial charge in [-0.1, -0.05) is 12.1 Å². The highest BCUT2D eigenvalue weighted by Gasteiger charge is 2.43. The van der Waals surface area contributed by atoms with Crippen LogP contribution in [-0.4, -0.2) is 42.8 Å². The van der Waals surface area contributed by atoms with Crippen LogP contribution in [0.15, 0.2) is 10.3 Å². The summed E-state index contributed by atoms with van der Waals surface area (Å²) < 4.78 is 0. The summed E-state index contributed by atoms with van der Waals surface area (Å²) >= 11 is 0. The minimum atomic E-state index is -0.595. The number of urea groups is 1. The topological polar surface area (TPSA) is 95.1 Å². The summed E-state index contributed by atoms with van der Waals surface area (Å²) in [6.07, 6.45) is 1.55. The maximum absolute atomic E-state index is 11.8. The lowest BCUT2D eigenvalue weighted by molar-refractivity contribution is 0.0938. The molecule has 7 nitrogen and oxygen atoms in total. The van der Waals surface area contributed by atoms with E-state index in [0.29, 0.717) is 13.1 Å². The number of rotatable bonds is 5. The maximum atomic E-state index is 11.8. The second-order valence-electron chi connectivity index (χ2n) is 4.07. The summed E-state index contributed by atoms with van der Waals surface area (Å²) in [5.41, 5.74) is -0.595. The summed E-state index contributed by atoms with van der Waals surface area (Å²) in [7, 11) is 1.82. The minimum Gasteiger partial charge on any atom is -0.338 e. The van der Waals surface area contributed by atoms with Gasteiger partial charge in [-0.25, -0.2) is 4.79 Å². The number of hydrogen-bond donors (Lipinski definition) is 3. The predicted octanol–water partition coefficient (Wildman–Crippen LogP) is 0.442. The van der Waals surface area contributed by atoms with E-state index in [4.69, 9.17) is 5.84 Å². The number of hydrogen-bond acceptors (Lipinski definition) is 4. The third-order valence-electron chi connectivity index (χ3n) is 3.43. The molecule has 4 N–H and O–H groups in total. The van der Waals surface area contributed by atoms with Crippen LogP contribution in [0.5, 0.6) is 0 Å². The molecule has 1 heterocycles. The molecule has 17 heavy (non-hydrogen) atoms. The normalized spacial score (nSPS) is 24.8. The van der Waals surface area contributed by atoms with Gasteiger partial charge in [0.2, 0.25) is 0 Å². The summed E-state index contributed by atoms with van der Waals surface area (Å²) in [6.45, 7) is 5.25. The quantitative estimate of drug-likeness (QED) is 0.371. The van der Waals surface area contributed by atoms with Crippen LogP contribution in [0.3, 0.4) is 0 Å². The number of nitrogens with zero attached hydrogens (tertiary/aromatic N) is 3. The van der Waals surface area contributed by atoms with Gasteiger partial charge in [0.05, 0.1) is 6.04 Å². The third kappa shape index (κ3) is 2.49. The Morgan fingerprint density at radius 2 is 2.35 bits per heavy atom. The average molecular weight is 242 g/mol. The van der Waals surface area contributed by atoms with Gasteiger partial charge in [-0.05, 0) is 26.8 Å². The number of nitrogens with two attached hydrogens (primary N) is 1. The Morgan fingerprint density at radius 3 is 2.82 bits per heavy atom. The number of likely N-dealkylation sites (N-methyl/N-ethyl adjacent to an activating group) is 2. The van der Waals surface area contributed by atoms with Gasteiger partial charge in [0.25, 0.3) is 0 Å². The van der Waals surface area contributed by atoms with Crippen molar-refractivity contribution in [1.29, 1.82) is 0 Å². The van der Waals surface area contributed by atoms with Gasteiger partial charge < -0.3 is 16.1 Å². The van der Waals surface area contributed by atoms with Gasteiger partial charge in [-0.15, -0.1) is 5.11 Å². The highest BCUT2D eigenvalue weighted by molar-refractivity contribution is 5.75. The largest absolute Gasteiger partial charge is 0.338 e. The molecule has 0 aliphatic carbocycles. The first-order chi connectivity index (χ1) is 8.15. The fraction of sp³-hybridized carbons (Fsp3) is 0.900. The molecule has 0 spiro atoms. The van der Waals surface area contributed by atoms with Gasteiger partial charge in [-0.3, -0.25) is 5.32 Å². The zero-order valence-corrected chi connectivity index (χ0v) is 10.7. The standard InChI is InChI=1S/C10H22N6O/c1-4-10(12-3,14-15-11)8-6-7-13-9(17)16(8)5-2/h8,12H,4-7H2,1-3H3,(H2,11,14)(H,13,17). The molecule has 98 valence electrons. The Balaban J connectivity index is 3.02. The van der Waals surface area contributed by atoms with Gasteiger partial charge in [-0.2, -0.15) is 0 Å². The van der Waals surface area contributed by atoms with Crippen molar-refractivity contribution < 1.29 is 4.79 Å². The monoisotopic (exact) mass is 242 g/mol. The van der Waals surface area contributed by atoms with Gasteiger partial charge >= 0.3 is 6.03 Å². The van der Waals surface area contributed by atoms with Crippen LogP contribution in [0.2, 0.25) is 0 Å². The minimum absolute atomic E-state index is 0.0245. The highest BCUT2D eigenvalue weighted by Crippen LogP contribution is 2.26. The van der Waals surface area contributed by atoms with Gasteiger partial charge in [0.15, 0.2) is 5.66 Å².